The number of hydrogen-bond acceptors (Lipinski definition) is 3. The van der Waals surface area contributed by atoms with Crippen molar-refractivity contribution in [2.45, 2.75) is 31.7 Å². The first kappa shape index (κ1) is 19.1. The van der Waals surface area contributed by atoms with Crippen LogP contribution >= 0.6 is 11.6 Å². The molecule has 4 rings (SSSR count). The van der Waals surface area contributed by atoms with Gasteiger partial charge in [0.1, 0.15) is 5.82 Å². The number of rotatable bonds is 4. The second-order valence-corrected chi connectivity index (χ2v) is 7.78. The molecule has 0 N–H and O–H groups in total. The molecule has 6 heteroatoms. The van der Waals surface area contributed by atoms with Gasteiger partial charge in [0, 0.05) is 11.4 Å². The van der Waals surface area contributed by atoms with Gasteiger partial charge in [-0.3, -0.25) is 9.69 Å². The van der Waals surface area contributed by atoms with Crippen molar-refractivity contribution in [3.05, 3.63) is 70.5 Å². The van der Waals surface area contributed by atoms with E-state index in [4.69, 9.17) is 11.6 Å². The molecule has 0 spiro atoms. The van der Waals surface area contributed by atoms with E-state index in [0.29, 0.717) is 18.0 Å². The second kappa shape index (κ2) is 8.41. The maximum absolute atomic E-state index is 13.3. The molecule has 4 nitrogen and oxygen atoms in total. The van der Waals surface area contributed by atoms with Crippen LogP contribution in [0, 0.1) is 5.82 Å². The summed E-state index contributed by atoms with van der Waals surface area (Å²) in [6, 6.07) is 13.6. The standard InChI is InChI=1S/C22H23ClFN3O/c23-19-7-3-2-6-18(19)21-14-20(16-8-10-17(24)11-9-16)25-27(21)22(28)15-26-12-4-1-5-13-26/h2-3,6-11,21H,1,4-5,12-15H2/t21-/m0/s1. The lowest BCUT2D eigenvalue weighted by molar-refractivity contribution is -0.134. The lowest BCUT2D eigenvalue weighted by Crippen LogP contribution is -2.40. The molecule has 1 atom stereocenters. The quantitative estimate of drug-likeness (QED) is 0.750. The molecule has 2 aromatic carbocycles. The minimum absolute atomic E-state index is 0.0241. The molecule has 0 aliphatic carbocycles. The van der Waals surface area contributed by atoms with Crippen LogP contribution in [0.4, 0.5) is 4.39 Å². The van der Waals surface area contributed by atoms with Crippen molar-refractivity contribution in [2.24, 2.45) is 5.10 Å². The van der Waals surface area contributed by atoms with Gasteiger partial charge in [0.2, 0.25) is 0 Å². The zero-order valence-corrected chi connectivity index (χ0v) is 16.4. The van der Waals surface area contributed by atoms with Crippen molar-refractivity contribution in [2.75, 3.05) is 19.6 Å². The van der Waals surface area contributed by atoms with Crippen molar-refractivity contribution in [1.29, 1.82) is 0 Å². The third kappa shape index (κ3) is 4.10. The Morgan fingerprint density at radius 3 is 2.50 bits per heavy atom. The number of amides is 1. The molecular formula is C22H23ClFN3O. The van der Waals surface area contributed by atoms with Gasteiger partial charge in [-0.2, -0.15) is 5.10 Å². The number of piperidine rings is 1. The number of nitrogens with zero attached hydrogens (tertiary/aromatic N) is 3. The minimum Gasteiger partial charge on any atom is -0.294 e. The Morgan fingerprint density at radius 2 is 1.79 bits per heavy atom. The average molecular weight is 400 g/mol. The molecule has 28 heavy (non-hydrogen) atoms. The van der Waals surface area contributed by atoms with Crippen LogP contribution in [-0.4, -0.2) is 41.2 Å². The molecule has 2 aromatic rings. The number of halogens is 2. The first-order valence-corrected chi connectivity index (χ1v) is 10.1. The summed E-state index contributed by atoms with van der Waals surface area (Å²) < 4.78 is 13.3. The highest BCUT2D eigenvalue weighted by Crippen LogP contribution is 2.36. The van der Waals surface area contributed by atoms with Crippen LogP contribution in [-0.2, 0) is 4.79 Å². The van der Waals surface area contributed by atoms with E-state index in [1.165, 1.54) is 18.6 Å². The highest BCUT2D eigenvalue weighted by Gasteiger charge is 2.34. The van der Waals surface area contributed by atoms with E-state index in [1.807, 2.05) is 24.3 Å². The fraction of sp³-hybridized carbons (Fsp3) is 0.364. The van der Waals surface area contributed by atoms with Crippen molar-refractivity contribution in [1.82, 2.24) is 9.91 Å². The summed E-state index contributed by atoms with van der Waals surface area (Å²) in [5, 5.41) is 6.85. The predicted octanol–water partition coefficient (Wildman–Crippen LogP) is 4.64. The molecule has 1 saturated heterocycles. The third-order valence-corrected chi connectivity index (χ3v) is 5.76. The first-order valence-electron chi connectivity index (χ1n) is 9.74. The number of carbonyl (C=O) groups is 1. The van der Waals surface area contributed by atoms with Crippen molar-refractivity contribution in [3.8, 4) is 0 Å². The van der Waals surface area contributed by atoms with Gasteiger partial charge < -0.3 is 0 Å². The molecule has 0 aromatic heterocycles. The van der Waals surface area contributed by atoms with Crippen LogP contribution in [0.2, 0.25) is 5.02 Å². The van der Waals surface area contributed by atoms with E-state index in [9.17, 15) is 9.18 Å². The Hall–Kier alpha value is -2.24. The van der Waals surface area contributed by atoms with E-state index in [-0.39, 0.29) is 17.8 Å². The largest absolute Gasteiger partial charge is 0.294 e. The first-order chi connectivity index (χ1) is 13.6. The molecule has 2 aliphatic heterocycles. The zero-order valence-electron chi connectivity index (χ0n) is 15.7. The number of benzene rings is 2. The lowest BCUT2D eigenvalue weighted by Gasteiger charge is -2.29. The fourth-order valence-electron chi connectivity index (χ4n) is 3.93. The van der Waals surface area contributed by atoms with Gasteiger partial charge in [-0.15, -0.1) is 0 Å². The normalized spacial score (nSPS) is 20.3. The van der Waals surface area contributed by atoms with Gasteiger partial charge in [-0.1, -0.05) is 48.4 Å². The number of hydrazone groups is 1. The van der Waals surface area contributed by atoms with Gasteiger partial charge in [-0.25, -0.2) is 9.40 Å². The summed E-state index contributed by atoms with van der Waals surface area (Å²) in [6.07, 6.45) is 4.04. The van der Waals surface area contributed by atoms with Crippen LogP contribution in [0.3, 0.4) is 0 Å². The SMILES string of the molecule is O=C(CN1CCCCC1)N1N=C(c2ccc(F)cc2)C[C@H]1c1ccccc1Cl. The van der Waals surface area contributed by atoms with E-state index in [0.717, 1.165) is 42.8 Å². The van der Waals surface area contributed by atoms with Crippen LogP contribution in [0.15, 0.2) is 53.6 Å². The molecule has 0 unspecified atom stereocenters. The van der Waals surface area contributed by atoms with E-state index < -0.39 is 0 Å². The van der Waals surface area contributed by atoms with Gasteiger partial charge >= 0.3 is 0 Å². The molecule has 1 amide bonds. The molecule has 0 bridgehead atoms. The minimum atomic E-state index is -0.289. The Balaban J connectivity index is 1.62. The number of hydrogen-bond donors (Lipinski definition) is 0. The van der Waals surface area contributed by atoms with Gasteiger partial charge in [0.25, 0.3) is 5.91 Å². The summed E-state index contributed by atoms with van der Waals surface area (Å²) in [4.78, 5) is 15.3. The summed E-state index contributed by atoms with van der Waals surface area (Å²) in [5.41, 5.74) is 2.49. The van der Waals surface area contributed by atoms with E-state index in [1.54, 1.807) is 17.1 Å². The summed E-state index contributed by atoms with van der Waals surface area (Å²) in [7, 11) is 0. The summed E-state index contributed by atoms with van der Waals surface area (Å²) in [6.45, 7) is 2.26. The highest BCUT2D eigenvalue weighted by molar-refractivity contribution is 6.31. The number of likely N-dealkylation sites (tertiary alicyclic amines) is 1. The van der Waals surface area contributed by atoms with Crippen molar-refractivity contribution in [3.63, 3.8) is 0 Å². The smallest absolute Gasteiger partial charge is 0.257 e. The number of carbonyl (C=O) groups excluding carboxylic acids is 1. The Kier molecular flexibility index (Phi) is 5.74. The second-order valence-electron chi connectivity index (χ2n) is 7.37. The van der Waals surface area contributed by atoms with Gasteiger partial charge in [0.15, 0.2) is 0 Å². The van der Waals surface area contributed by atoms with Crippen molar-refractivity contribution < 1.29 is 9.18 Å². The fourth-order valence-corrected chi connectivity index (χ4v) is 4.19. The topological polar surface area (TPSA) is 35.9 Å². The maximum atomic E-state index is 13.3. The molecule has 0 radical (unpaired) electrons. The Bertz CT molecular complexity index is 878. The molecule has 0 saturated carbocycles. The molecule has 2 heterocycles. The molecule has 1 fully saturated rings. The van der Waals surface area contributed by atoms with Crippen LogP contribution in [0.25, 0.3) is 0 Å². The van der Waals surface area contributed by atoms with Crippen LogP contribution in [0.5, 0.6) is 0 Å². The van der Waals surface area contributed by atoms with Crippen LogP contribution in [0.1, 0.15) is 42.9 Å². The predicted molar refractivity (Wildman–Crippen MR) is 109 cm³/mol. The summed E-state index contributed by atoms with van der Waals surface area (Å²) >= 11 is 6.43. The Morgan fingerprint density at radius 1 is 1.07 bits per heavy atom. The maximum Gasteiger partial charge on any atom is 0.257 e. The van der Waals surface area contributed by atoms with Crippen LogP contribution < -0.4 is 0 Å². The summed E-state index contributed by atoms with van der Waals surface area (Å²) in [5.74, 6) is -0.313. The lowest BCUT2D eigenvalue weighted by atomic mass is 9.98. The van der Waals surface area contributed by atoms with E-state index in [2.05, 4.69) is 10.0 Å². The molecule has 146 valence electrons. The van der Waals surface area contributed by atoms with Crippen molar-refractivity contribution >= 4 is 23.2 Å². The molecular weight excluding hydrogens is 377 g/mol. The van der Waals surface area contributed by atoms with Gasteiger partial charge in [-0.05, 0) is 55.3 Å². The third-order valence-electron chi connectivity index (χ3n) is 5.42. The Labute approximate surface area is 169 Å². The zero-order chi connectivity index (χ0) is 19.5. The highest BCUT2D eigenvalue weighted by atomic mass is 35.5. The average Bonchev–Trinajstić information content (AvgIpc) is 3.15. The molecule has 2 aliphatic rings. The van der Waals surface area contributed by atoms with Gasteiger partial charge in [0.05, 0.1) is 18.3 Å². The monoisotopic (exact) mass is 399 g/mol. The van der Waals surface area contributed by atoms with E-state index >= 15 is 0 Å².